The number of aliphatic hydroxyl groups is 1. The molecule has 0 saturated heterocycles. The minimum atomic E-state index is -0.912. The first-order valence-electron chi connectivity index (χ1n) is 4.59. The van der Waals surface area contributed by atoms with Gasteiger partial charge in [-0.3, -0.25) is 9.36 Å². The van der Waals surface area contributed by atoms with Crippen molar-refractivity contribution in [2.24, 2.45) is 0 Å². The average molecular weight is 289 g/mol. The number of methoxy groups -OCH3 is 1. The minimum Gasteiger partial charge on any atom is -0.467 e. The van der Waals surface area contributed by atoms with Gasteiger partial charge >= 0.3 is 5.97 Å². The fraction of sp³-hybridized carbons (Fsp3) is 0.444. The third-order valence-corrected chi connectivity index (χ3v) is 3.05. The zero-order valence-electron chi connectivity index (χ0n) is 8.38. The number of esters is 1. The molecule has 1 aliphatic heterocycles. The number of ether oxygens (including phenoxy) is 1. The molecule has 0 radical (unpaired) electrons. The number of nitrogens with zero attached hydrogens (tertiary/aromatic N) is 2. The summed E-state index contributed by atoms with van der Waals surface area (Å²) in [6.45, 7) is 0. The Morgan fingerprint density at radius 1 is 1.75 bits per heavy atom. The van der Waals surface area contributed by atoms with E-state index in [2.05, 4.69) is 25.7 Å². The van der Waals surface area contributed by atoms with Crippen molar-refractivity contribution in [2.75, 3.05) is 7.11 Å². The van der Waals surface area contributed by atoms with E-state index < -0.39 is 23.7 Å². The van der Waals surface area contributed by atoms with Gasteiger partial charge in [0.15, 0.2) is 0 Å². The summed E-state index contributed by atoms with van der Waals surface area (Å²) in [6, 6.07) is -0.799. The maximum Gasteiger partial charge on any atom is 0.329 e. The standard InChI is InChI=1S/C9H9BrN2O4/c1-16-9(15)5-2-6(13)7-11-3-4(10)8(14)12(5)7/h3,5-6,13H,2H2,1H3/t5-,6?/m0/s1. The molecule has 0 aliphatic carbocycles. The molecule has 0 spiro atoms. The second-order valence-electron chi connectivity index (χ2n) is 3.43. The molecular weight excluding hydrogens is 280 g/mol. The van der Waals surface area contributed by atoms with Crippen molar-refractivity contribution in [1.29, 1.82) is 0 Å². The van der Waals surface area contributed by atoms with E-state index in [1.165, 1.54) is 17.9 Å². The summed E-state index contributed by atoms with van der Waals surface area (Å²) in [7, 11) is 1.24. The zero-order chi connectivity index (χ0) is 11.9. The quantitative estimate of drug-likeness (QED) is 0.745. The van der Waals surface area contributed by atoms with Gasteiger partial charge in [0.25, 0.3) is 5.56 Å². The Balaban J connectivity index is 2.59. The molecule has 0 amide bonds. The summed E-state index contributed by atoms with van der Waals surface area (Å²) in [5, 5.41) is 9.67. The van der Waals surface area contributed by atoms with Crippen LogP contribution in [0.25, 0.3) is 0 Å². The van der Waals surface area contributed by atoms with Crippen LogP contribution in [0.5, 0.6) is 0 Å². The van der Waals surface area contributed by atoms with Gasteiger partial charge in [0, 0.05) is 12.6 Å². The van der Waals surface area contributed by atoms with Crippen LogP contribution >= 0.6 is 15.9 Å². The maximum atomic E-state index is 11.8. The monoisotopic (exact) mass is 288 g/mol. The molecule has 7 heteroatoms. The van der Waals surface area contributed by atoms with Crippen molar-refractivity contribution in [2.45, 2.75) is 18.6 Å². The Kier molecular flexibility index (Phi) is 2.81. The molecule has 2 heterocycles. The summed E-state index contributed by atoms with van der Waals surface area (Å²) < 4.78 is 6.00. The molecule has 1 aromatic heterocycles. The highest BCUT2D eigenvalue weighted by atomic mass is 79.9. The molecule has 1 unspecified atom stereocenters. The van der Waals surface area contributed by atoms with Crippen LogP contribution in [-0.4, -0.2) is 27.7 Å². The second kappa shape index (κ2) is 3.99. The van der Waals surface area contributed by atoms with Gasteiger partial charge in [-0.1, -0.05) is 0 Å². The van der Waals surface area contributed by atoms with Crippen LogP contribution in [-0.2, 0) is 9.53 Å². The fourth-order valence-electron chi connectivity index (χ4n) is 1.77. The third-order valence-electron chi connectivity index (χ3n) is 2.51. The van der Waals surface area contributed by atoms with E-state index in [9.17, 15) is 14.7 Å². The van der Waals surface area contributed by atoms with Gasteiger partial charge in [-0.2, -0.15) is 0 Å². The van der Waals surface area contributed by atoms with E-state index in [4.69, 9.17) is 0 Å². The lowest BCUT2D eigenvalue weighted by Crippen LogP contribution is -2.29. The highest BCUT2D eigenvalue weighted by Gasteiger charge is 2.37. The van der Waals surface area contributed by atoms with Crippen molar-refractivity contribution >= 4 is 21.9 Å². The Labute approximate surface area is 99.0 Å². The van der Waals surface area contributed by atoms with Gasteiger partial charge in [0.1, 0.15) is 22.4 Å². The summed E-state index contributed by atoms with van der Waals surface area (Å²) in [4.78, 5) is 27.2. The van der Waals surface area contributed by atoms with E-state index in [1.807, 2.05) is 0 Å². The highest BCUT2D eigenvalue weighted by Crippen LogP contribution is 2.32. The van der Waals surface area contributed by atoms with Gasteiger partial charge in [0.2, 0.25) is 0 Å². The minimum absolute atomic E-state index is 0.116. The van der Waals surface area contributed by atoms with E-state index in [1.54, 1.807) is 0 Å². The SMILES string of the molecule is COC(=O)[C@@H]1CC(O)c2ncc(Br)c(=O)n21. The Morgan fingerprint density at radius 3 is 3.06 bits per heavy atom. The number of carbonyl (C=O) groups is 1. The fourth-order valence-corrected chi connectivity index (χ4v) is 2.06. The molecule has 1 aromatic rings. The van der Waals surface area contributed by atoms with Crippen molar-refractivity contribution in [3.63, 3.8) is 0 Å². The van der Waals surface area contributed by atoms with Crippen LogP contribution in [0, 0.1) is 0 Å². The molecule has 6 nitrogen and oxygen atoms in total. The van der Waals surface area contributed by atoms with Crippen molar-refractivity contribution in [3.05, 3.63) is 26.8 Å². The van der Waals surface area contributed by atoms with E-state index in [0.717, 1.165) is 0 Å². The predicted molar refractivity (Wildman–Crippen MR) is 56.8 cm³/mol. The van der Waals surface area contributed by atoms with Gasteiger partial charge in [-0.15, -0.1) is 0 Å². The lowest BCUT2D eigenvalue weighted by Gasteiger charge is -2.10. The van der Waals surface area contributed by atoms with Gasteiger partial charge in [-0.25, -0.2) is 9.78 Å². The smallest absolute Gasteiger partial charge is 0.329 e. The molecule has 2 rings (SSSR count). The number of hydrogen-bond donors (Lipinski definition) is 1. The summed E-state index contributed by atoms with van der Waals surface area (Å²) in [6.07, 6.45) is 0.521. The van der Waals surface area contributed by atoms with Crippen molar-refractivity contribution in [1.82, 2.24) is 9.55 Å². The number of aromatic nitrogens is 2. The lowest BCUT2D eigenvalue weighted by atomic mass is 10.2. The first-order valence-corrected chi connectivity index (χ1v) is 5.38. The molecule has 86 valence electrons. The van der Waals surface area contributed by atoms with Crippen molar-refractivity contribution in [3.8, 4) is 0 Å². The van der Waals surface area contributed by atoms with Gasteiger partial charge in [0.05, 0.1) is 7.11 Å². The van der Waals surface area contributed by atoms with Crippen LogP contribution < -0.4 is 5.56 Å². The van der Waals surface area contributed by atoms with Crippen LogP contribution in [0.3, 0.4) is 0 Å². The Hall–Kier alpha value is -1.21. The number of fused-ring (bicyclic) bond motifs is 1. The Bertz CT molecular complexity index is 499. The number of hydrogen-bond acceptors (Lipinski definition) is 5. The highest BCUT2D eigenvalue weighted by molar-refractivity contribution is 9.10. The molecule has 16 heavy (non-hydrogen) atoms. The molecule has 0 fully saturated rings. The van der Waals surface area contributed by atoms with Crippen LogP contribution in [0.4, 0.5) is 0 Å². The molecule has 2 atom stereocenters. The van der Waals surface area contributed by atoms with Crippen LogP contribution in [0.2, 0.25) is 0 Å². The Morgan fingerprint density at radius 2 is 2.44 bits per heavy atom. The molecule has 1 N–H and O–H groups in total. The van der Waals surface area contributed by atoms with Gasteiger partial charge in [-0.05, 0) is 15.9 Å². The summed E-state index contributed by atoms with van der Waals surface area (Å²) in [5.41, 5.74) is -0.392. The molecular formula is C9H9BrN2O4. The van der Waals surface area contributed by atoms with E-state index in [0.29, 0.717) is 0 Å². The first kappa shape index (κ1) is 11.3. The first-order chi connectivity index (χ1) is 7.56. The maximum absolute atomic E-state index is 11.8. The van der Waals surface area contributed by atoms with Gasteiger partial charge < -0.3 is 9.84 Å². The van der Waals surface area contributed by atoms with Crippen LogP contribution in [0.15, 0.2) is 15.5 Å². The normalized spacial score (nSPS) is 22.9. The third kappa shape index (κ3) is 1.56. The summed E-state index contributed by atoms with van der Waals surface area (Å²) in [5.74, 6) is -0.358. The molecule has 0 saturated carbocycles. The number of halogens is 1. The van der Waals surface area contributed by atoms with Crippen LogP contribution in [0.1, 0.15) is 24.4 Å². The van der Waals surface area contributed by atoms with E-state index in [-0.39, 0.29) is 16.7 Å². The van der Waals surface area contributed by atoms with E-state index >= 15 is 0 Å². The molecule has 1 aliphatic rings. The number of aliphatic hydroxyl groups excluding tert-OH is 1. The van der Waals surface area contributed by atoms with Crippen molar-refractivity contribution < 1.29 is 14.6 Å². The number of rotatable bonds is 1. The zero-order valence-corrected chi connectivity index (χ0v) is 9.97. The predicted octanol–water partition coefficient (Wildman–Crippen LogP) is 0.157. The topological polar surface area (TPSA) is 81.4 Å². The number of carbonyl (C=O) groups excluding carboxylic acids is 1. The molecule has 0 aromatic carbocycles. The molecule has 0 bridgehead atoms. The largest absolute Gasteiger partial charge is 0.467 e. The lowest BCUT2D eigenvalue weighted by molar-refractivity contribution is -0.144. The summed E-state index contributed by atoms with van der Waals surface area (Å²) >= 11 is 3.04. The second-order valence-corrected chi connectivity index (χ2v) is 4.28. The average Bonchev–Trinajstić information content (AvgIpc) is 2.61.